The van der Waals surface area contributed by atoms with E-state index in [1.807, 2.05) is 25.7 Å². The first kappa shape index (κ1) is 19.3. The van der Waals surface area contributed by atoms with Crippen LogP contribution in [-0.4, -0.2) is 49.4 Å². The van der Waals surface area contributed by atoms with Gasteiger partial charge in [0.15, 0.2) is 0 Å². The molecule has 2 rings (SSSR count). The van der Waals surface area contributed by atoms with Crippen LogP contribution in [0.1, 0.15) is 33.6 Å². The molecule has 1 aliphatic heterocycles. The van der Waals surface area contributed by atoms with Gasteiger partial charge in [0.1, 0.15) is 11.4 Å². The zero-order chi connectivity index (χ0) is 18.6. The van der Waals surface area contributed by atoms with Crippen LogP contribution in [0.5, 0.6) is 5.75 Å². The number of benzene rings is 1. The van der Waals surface area contributed by atoms with E-state index in [0.717, 1.165) is 12.8 Å². The molecule has 0 aromatic heterocycles. The molecule has 0 N–H and O–H groups in total. The molecule has 140 valence electrons. The minimum atomic E-state index is -2.85. The maximum absolute atomic E-state index is 12.6. The van der Waals surface area contributed by atoms with Gasteiger partial charge in [0.2, 0.25) is 0 Å². The number of nitrogens with zero attached hydrogens (tertiary/aromatic N) is 2. The Balaban J connectivity index is 1.97. The van der Waals surface area contributed by atoms with E-state index < -0.39 is 12.2 Å². The van der Waals surface area contributed by atoms with Crippen molar-refractivity contribution in [3.8, 4) is 5.75 Å². The van der Waals surface area contributed by atoms with Gasteiger partial charge >= 0.3 is 12.7 Å². The average molecular weight is 356 g/mol. The normalized spacial score (nSPS) is 16.0. The van der Waals surface area contributed by atoms with Gasteiger partial charge in [-0.05, 0) is 45.7 Å². The summed E-state index contributed by atoms with van der Waals surface area (Å²) in [5.41, 5.74) is 0.124. The molecule has 1 aromatic rings. The summed E-state index contributed by atoms with van der Waals surface area (Å²) in [7, 11) is 1.74. The molecule has 0 aliphatic carbocycles. The number of hydrogen-bond donors (Lipinski definition) is 0. The zero-order valence-electron chi connectivity index (χ0n) is 15.2. The van der Waals surface area contributed by atoms with Crippen LogP contribution in [-0.2, 0) is 4.74 Å². The van der Waals surface area contributed by atoms with Gasteiger partial charge in [-0.1, -0.05) is 12.1 Å². The van der Waals surface area contributed by atoms with Gasteiger partial charge < -0.3 is 19.3 Å². The summed E-state index contributed by atoms with van der Waals surface area (Å²) in [5, 5.41) is 0. The smallest absolute Gasteiger partial charge is 0.410 e. The first-order valence-electron chi connectivity index (χ1n) is 8.42. The molecule has 1 aliphatic rings. The van der Waals surface area contributed by atoms with E-state index in [9.17, 15) is 13.6 Å². The molecule has 1 saturated heterocycles. The minimum absolute atomic E-state index is 0.0641. The van der Waals surface area contributed by atoms with Crippen LogP contribution in [0.15, 0.2) is 24.3 Å². The van der Waals surface area contributed by atoms with E-state index in [2.05, 4.69) is 4.74 Å². The third kappa shape index (κ3) is 5.47. The molecule has 5 nitrogen and oxygen atoms in total. The SMILES string of the molecule is CN(C(=O)OC(C)(C)C)C1CCN(c2ccccc2OC(F)F)CC1. The number of rotatable bonds is 4. The molecule has 0 spiro atoms. The Labute approximate surface area is 147 Å². The topological polar surface area (TPSA) is 42.0 Å². The third-order valence-electron chi connectivity index (χ3n) is 4.12. The Morgan fingerprint density at radius 3 is 2.40 bits per heavy atom. The molecular weight excluding hydrogens is 330 g/mol. The fraction of sp³-hybridized carbons (Fsp3) is 0.611. The third-order valence-corrected chi connectivity index (χ3v) is 4.12. The molecule has 0 bridgehead atoms. The van der Waals surface area contributed by atoms with Gasteiger partial charge in [-0.3, -0.25) is 0 Å². The molecule has 1 fully saturated rings. The van der Waals surface area contributed by atoms with Crippen LogP contribution in [0.25, 0.3) is 0 Å². The molecular formula is C18H26F2N2O3. The van der Waals surface area contributed by atoms with Crippen molar-refractivity contribution < 1.29 is 23.0 Å². The van der Waals surface area contributed by atoms with Gasteiger partial charge in [-0.15, -0.1) is 0 Å². The summed E-state index contributed by atoms with van der Waals surface area (Å²) < 4.78 is 35.1. The van der Waals surface area contributed by atoms with Crippen LogP contribution in [0.4, 0.5) is 19.3 Å². The number of amides is 1. The van der Waals surface area contributed by atoms with Gasteiger partial charge in [0.05, 0.1) is 5.69 Å². The van der Waals surface area contributed by atoms with Crippen LogP contribution in [0.3, 0.4) is 0 Å². The Kier molecular flexibility index (Phi) is 6.08. The molecule has 1 aromatic carbocycles. The predicted molar refractivity (Wildman–Crippen MR) is 92.3 cm³/mol. The fourth-order valence-corrected chi connectivity index (χ4v) is 2.89. The van der Waals surface area contributed by atoms with Gasteiger partial charge in [-0.25, -0.2) is 4.79 Å². The van der Waals surface area contributed by atoms with Crippen molar-refractivity contribution >= 4 is 11.8 Å². The standard InChI is InChI=1S/C18H26F2N2O3/c1-18(2,3)25-17(23)21(4)13-9-11-22(12-10-13)14-7-5-6-8-15(14)24-16(19)20/h5-8,13,16H,9-12H2,1-4H3. The van der Waals surface area contributed by atoms with E-state index in [1.54, 1.807) is 36.2 Å². The number of carbonyl (C=O) groups excluding carboxylic acids is 1. The van der Waals surface area contributed by atoms with Gasteiger partial charge in [0, 0.05) is 26.2 Å². The lowest BCUT2D eigenvalue weighted by Crippen LogP contribution is -2.47. The van der Waals surface area contributed by atoms with Crippen LogP contribution in [0, 0.1) is 0 Å². The summed E-state index contributed by atoms with van der Waals surface area (Å²) in [5.74, 6) is 0.177. The summed E-state index contributed by atoms with van der Waals surface area (Å²) in [6.07, 6.45) is 1.13. The fourth-order valence-electron chi connectivity index (χ4n) is 2.89. The molecule has 0 unspecified atom stereocenters. The van der Waals surface area contributed by atoms with Crippen molar-refractivity contribution in [2.75, 3.05) is 25.0 Å². The number of alkyl halides is 2. The maximum atomic E-state index is 12.6. The van der Waals surface area contributed by atoms with E-state index in [4.69, 9.17) is 4.74 Å². The van der Waals surface area contributed by atoms with Crippen molar-refractivity contribution in [3.05, 3.63) is 24.3 Å². The van der Waals surface area contributed by atoms with E-state index in [-0.39, 0.29) is 17.9 Å². The zero-order valence-corrected chi connectivity index (χ0v) is 15.2. The number of ether oxygens (including phenoxy) is 2. The highest BCUT2D eigenvalue weighted by molar-refractivity contribution is 5.68. The summed E-state index contributed by atoms with van der Waals surface area (Å²) in [6.45, 7) is 3.96. The minimum Gasteiger partial charge on any atom is -0.444 e. The second-order valence-electron chi connectivity index (χ2n) is 7.16. The summed E-state index contributed by atoms with van der Waals surface area (Å²) in [4.78, 5) is 15.8. The number of carbonyl (C=O) groups is 1. The second-order valence-corrected chi connectivity index (χ2v) is 7.16. The first-order chi connectivity index (χ1) is 11.7. The summed E-state index contributed by atoms with van der Waals surface area (Å²) in [6, 6.07) is 6.85. The first-order valence-corrected chi connectivity index (χ1v) is 8.42. The number of para-hydroxylation sites is 2. The molecule has 7 heteroatoms. The lowest BCUT2D eigenvalue weighted by molar-refractivity contribution is -0.0495. The molecule has 1 amide bonds. The number of halogens is 2. The van der Waals surface area contributed by atoms with Crippen molar-refractivity contribution in [2.45, 2.75) is 51.9 Å². The lowest BCUT2D eigenvalue weighted by Gasteiger charge is -2.38. The predicted octanol–water partition coefficient (Wildman–Crippen LogP) is 4.12. The molecule has 0 atom stereocenters. The maximum Gasteiger partial charge on any atom is 0.410 e. The van der Waals surface area contributed by atoms with Crippen molar-refractivity contribution in [1.29, 1.82) is 0 Å². The summed E-state index contributed by atoms with van der Waals surface area (Å²) >= 11 is 0. The lowest BCUT2D eigenvalue weighted by atomic mass is 10.0. The van der Waals surface area contributed by atoms with E-state index in [0.29, 0.717) is 18.8 Å². The highest BCUT2D eigenvalue weighted by Gasteiger charge is 2.29. The van der Waals surface area contributed by atoms with E-state index in [1.165, 1.54) is 0 Å². The number of hydrogen-bond acceptors (Lipinski definition) is 4. The highest BCUT2D eigenvalue weighted by atomic mass is 19.3. The Bertz CT molecular complexity index is 582. The van der Waals surface area contributed by atoms with Crippen LogP contribution < -0.4 is 9.64 Å². The average Bonchev–Trinajstić information content (AvgIpc) is 2.53. The number of anilines is 1. The second kappa shape index (κ2) is 7.89. The quantitative estimate of drug-likeness (QED) is 0.814. The largest absolute Gasteiger partial charge is 0.444 e. The van der Waals surface area contributed by atoms with Gasteiger partial charge in [0.25, 0.3) is 0 Å². The highest BCUT2D eigenvalue weighted by Crippen LogP contribution is 2.32. The molecule has 25 heavy (non-hydrogen) atoms. The Hall–Kier alpha value is -2.05. The Morgan fingerprint density at radius 2 is 1.84 bits per heavy atom. The molecule has 0 radical (unpaired) electrons. The number of piperidine rings is 1. The van der Waals surface area contributed by atoms with Gasteiger partial charge in [-0.2, -0.15) is 8.78 Å². The molecule has 0 saturated carbocycles. The Morgan fingerprint density at radius 1 is 1.24 bits per heavy atom. The van der Waals surface area contributed by atoms with Crippen molar-refractivity contribution in [3.63, 3.8) is 0 Å². The van der Waals surface area contributed by atoms with Crippen molar-refractivity contribution in [2.24, 2.45) is 0 Å². The van der Waals surface area contributed by atoms with Crippen LogP contribution in [0.2, 0.25) is 0 Å². The van der Waals surface area contributed by atoms with E-state index >= 15 is 0 Å². The molecule has 1 heterocycles. The monoisotopic (exact) mass is 356 g/mol. The van der Waals surface area contributed by atoms with Crippen molar-refractivity contribution in [1.82, 2.24) is 4.90 Å². The van der Waals surface area contributed by atoms with Crippen LogP contribution >= 0.6 is 0 Å².